The average Bonchev–Trinajstić information content (AvgIpc) is 2.35. The first kappa shape index (κ1) is 13.7. The minimum Gasteiger partial charge on any atom is -0.399 e. The third kappa shape index (κ3) is 3.84. The van der Waals surface area contributed by atoms with E-state index in [0.717, 1.165) is 6.42 Å². The maximum atomic E-state index is 12.0. The minimum absolute atomic E-state index is 0.0110. The molecule has 0 bridgehead atoms. The topological polar surface area (TPSA) is 75.3 Å². The van der Waals surface area contributed by atoms with E-state index in [9.17, 15) is 4.79 Å². The smallest absolute Gasteiger partial charge is 0.179 e. The third-order valence-electron chi connectivity index (χ3n) is 2.79. The Morgan fingerprint density at radius 3 is 2.47 bits per heavy atom. The van der Waals surface area contributed by atoms with Crippen LogP contribution in [0.4, 0.5) is 5.69 Å². The second-order valence-corrected chi connectivity index (χ2v) is 4.16. The molecule has 0 radical (unpaired) electrons. The highest BCUT2D eigenvalue weighted by atomic mass is 16.3. The van der Waals surface area contributed by atoms with E-state index in [1.807, 2.05) is 6.92 Å². The van der Waals surface area contributed by atoms with Gasteiger partial charge in [0, 0.05) is 17.3 Å². The van der Waals surface area contributed by atoms with Crippen LogP contribution in [-0.4, -0.2) is 29.6 Å². The number of Topliss-reactive ketones (excluding diaryl/α,β-unsaturated/α-hetero) is 1. The number of ketones is 1. The Hall–Kier alpha value is -1.39. The van der Waals surface area contributed by atoms with Gasteiger partial charge >= 0.3 is 0 Å². The maximum absolute atomic E-state index is 12.0. The summed E-state index contributed by atoms with van der Waals surface area (Å²) in [6, 6.07) is 6.51. The summed E-state index contributed by atoms with van der Waals surface area (Å²) in [5.74, 6) is 0.0110. The van der Waals surface area contributed by atoms with Gasteiger partial charge in [-0.25, -0.2) is 0 Å². The molecule has 0 saturated carbocycles. The van der Waals surface area contributed by atoms with Gasteiger partial charge in [-0.1, -0.05) is 6.92 Å². The number of rotatable bonds is 6. The van der Waals surface area contributed by atoms with Crippen LogP contribution in [0, 0.1) is 0 Å². The Labute approximate surface area is 102 Å². The first-order valence-electron chi connectivity index (χ1n) is 5.85. The van der Waals surface area contributed by atoms with Crippen LogP contribution < -0.4 is 11.1 Å². The van der Waals surface area contributed by atoms with Crippen LogP contribution in [0.3, 0.4) is 0 Å². The zero-order valence-electron chi connectivity index (χ0n) is 10.3. The largest absolute Gasteiger partial charge is 0.399 e. The number of nitrogen functional groups attached to an aromatic ring is 1. The van der Waals surface area contributed by atoms with Crippen LogP contribution in [0.15, 0.2) is 24.3 Å². The second-order valence-electron chi connectivity index (χ2n) is 4.16. The molecule has 0 aliphatic carbocycles. The molecular formula is C13H20N2O2. The Balaban J connectivity index is 2.66. The van der Waals surface area contributed by atoms with Gasteiger partial charge in [0.15, 0.2) is 5.78 Å². The van der Waals surface area contributed by atoms with Crippen molar-refractivity contribution < 1.29 is 9.90 Å². The molecule has 4 nitrogen and oxygen atoms in total. The minimum atomic E-state index is -0.310. The van der Waals surface area contributed by atoms with Crippen molar-refractivity contribution in [2.75, 3.05) is 12.3 Å². The number of benzene rings is 1. The molecule has 0 aliphatic rings. The van der Waals surface area contributed by atoms with Crippen molar-refractivity contribution in [3.8, 4) is 0 Å². The molecule has 0 saturated heterocycles. The van der Waals surface area contributed by atoms with E-state index in [-0.39, 0.29) is 24.5 Å². The lowest BCUT2D eigenvalue weighted by Crippen LogP contribution is -2.42. The molecule has 1 rings (SSSR count). The first-order chi connectivity index (χ1) is 8.08. The number of aliphatic hydroxyl groups is 1. The third-order valence-corrected chi connectivity index (χ3v) is 2.79. The molecular weight excluding hydrogens is 216 g/mol. The van der Waals surface area contributed by atoms with Gasteiger partial charge in [0.05, 0.1) is 12.6 Å². The van der Waals surface area contributed by atoms with Crippen LogP contribution in [-0.2, 0) is 0 Å². The number of nitrogens with one attached hydrogen (secondary N) is 1. The van der Waals surface area contributed by atoms with Crippen LogP contribution >= 0.6 is 0 Å². The Morgan fingerprint density at radius 2 is 2.00 bits per heavy atom. The van der Waals surface area contributed by atoms with Gasteiger partial charge in [-0.2, -0.15) is 0 Å². The highest BCUT2D eigenvalue weighted by molar-refractivity contribution is 6.00. The van der Waals surface area contributed by atoms with Crippen molar-refractivity contribution in [2.24, 2.45) is 0 Å². The lowest BCUT2D eigenvalue weighted by molar-refractivity contribution is 0.0936. The van der Waals surface area contributed by atoms with Crippen molar-refractivity contribution in [2.45, 2.75) is 32.4 Å². The Kier molecular flexibility index (Phi) is 5.12. The predicted octanol–water partition coefficient (Wildman–Crippen LogP) is 1.20. The van der Waals surface area contributed by atoms with Crippen molar-refractivity contribution >= 4 is 11.5 Å². The van der Waals surface area contributed by atoms with E-state index in [2.05, 4.69) is 5.32 Å². The Morgan fingerprint density at radius 1 is 1.41 bits per heavy atom. The molecule has 0 aliphatic heterocycles. The summed E-state index contributed by atoms with van der Waals surface area (Å²) in [7, 11) is 0. The molecule has 94 valence electrons. The van der Waals surface area contributed by atoms with E-state index in [1.54, 1.807) is 31.2 Å². The van der Waals surface area contributed by atoms with Gasteiger partial charge in [-0.05, 0) is 37.6 Å². The summed E-state index contributed by atoms with van der Waals surface area (Å²) < 4.78 is 0. The Bertz CT molecular complexity index is 358. The molecule has 0 aromatic heterocycles. The summed E-state index contributed by atoms with van der Waals surface area (Å²) in [5, 5.41) is 12.2. The highest BCUT2D eigenvalue weighted by Crippen LogP contribution is 2.08. The number of hydrogen-bond acceptors (Lipinski definition) is 4. The molecule has 2 unspecified atom stereocenters. The lowest BCUT2D eigenvalue weighted by atomic mass is 10.0. The fraction of sp³-hybridized carbons (Fsp3) is 0.462. The van der Waals surface area contributed by atoms with Gasteiger partial charge in [0.2, 0.25) is 0 Å². The number of nitrogens with two attached hydrogens (primary N) is 1. The van der Waals surface area contributed by atoms with Crippen LogP contribution in [0.2, 0.25) is 0 Å². The van der Waals surface area contributed by atoms with Crippen LogP contribution in [0.1, 0.15) is 30.6 Å². The predicted molar refractivity (Wildman–Crippen MR) is 68.9 cm³/mol. The summed E-state index contributed by atoms with van der Waals surface area (Å²) in [4.78, 5) is 12.0. The zero-order valence-corrected chi connectivity index (χ0v) is 10.3. The van der Waals surface area contributed by atoms with Gasteiger partial charge in [0.1, 0.15) is 0 Å². The number of carbonyl (C=O) groups is 1. The van der Waals surface area contributed by atoms with Gasteiger partial charge in [0.25, 0.3) is 0 Å². The molecule has 4 heteroatoms. The molecule has 0 spiro atoms. The van der Waals surface area contributed by atoms with Crippen molar-refractivity contribution in [1.29, 1.82) is 0 Å². The number of hydrogen-bond donors (Lipinski definition) is 3. The molecule has 0 fully saturated rings. The zero-order chi connectivity index (χ0) is 12.8. The number of carbonyl (C=O) groups excluding carboxylic acids is 1. The number of anilines is 1. The highest BCUT2D eigenvalue weighted by Gasteiger charge is 2.17. The maximum Gasteiger partial charge on any atom is 0.179 e. The van der Waals surface area contributed by atoms with E-state index in [4.69, 9.17) is 10.8 Å². The monoisotopic (exact) mass is 236 g/mol. The lowest BCUT2D eigenvalue weighted by Gasteiger charge is -2.19. The first-order valence-corrected chi connectivity index (χ1v) is 5.85. The summed E-state index contributed by atoms with van der Waals surface area (Å²) >= 11 is 0. The van der Waals surface area contributed by atoms with E-state index < -0.39 is 0 Å². The number of aliphatic hydroxyl groups excluding tert-OH is 1. The fourth-order valence-electron chi connectivity index (χ4n) is 1.63. The average molecular weight is 236 g/mol. The molecule has 4 N–H and O–H groups in total. The molecule has 2 atom stereocenters. The van der Waals surface area contributed by atoms with Crippen molar-refractivity contribution in [3.05, 3.63) is 29.8 Å². The van der Waals surface area contributed by atoms with E-state index in [1.165, 1.54) is 0 Å². The van der Waals surface area contributed by atoms with Crippen LogP contribution in [0.5, 0.6) is 0 Å². The van der Waals surface area contributed by atoms with Crippen molar-refractivity contribution in [1.82, 2.24) is 5.32 Å². The van der Waals surface area contributed by atoms with Crippen LogP contribution in [0.25, 0.3) is 0 Å². The summed E-state index contributed by atoms with van der Waals surface area (Å²) in [6.07, 6.45) is 0.788. The molecule has 1 aromatic carbocycles. The summed E-state index contributed by atoms with van der Waals surface area (Å²) in [6.45, 7) is 3.81. The summed E-state index contributed by atoms with van der Waals surface area (Å²) in [5.41, 5.74) is 6.84. The van der Waals surface area contributed by atoms with Gasteiger partial charge in [-0.15, -0.1) is 0 Å². The molecule has 17 heavy (non-hydrogen) atoms. The van der Waals surface area contributed by atoms with Gasteiger partial charge in [-0.3, -0.25) is 4.79 Å². The van der Waals surface area contributed by atoms with Gasteiger partial charge < -0.3 is 16.2 Å². The van der Waals surface area contributed by atoms with E-state index in [0.29, 0.717) is 11.3 Å². The molecule has 0 amide bonds. The van der Waals surface area contributed by atoms with E-state index >= 15 is 0 Å². The second kappa shape index (κ2) is 6.37. The normalized spacial score (nSPS) is 14.3. The molecule has 1 aromatic rings. The van der Waals surface area contributed by atoms with Crippen molar-refractivity contribution in [3.63, 3.8) is 0 Å². The quantitative estimate of drug-likeness (QED) is 0.512. The molecule has 0 heterocycles. The standard InChI is InChI=1S/C13H20N2O2/c1-3-12(8-16)15-9(2)13(17)10-4-6-11(14)7-5-10/h4-7,9,12,15-16H,3,8,14H2,1-2H3. The fourth-order valence-corrected chi connectivity index (χ4v) is 1.63. The SMILES string of the molecule is CCC(CO)NC(C)C(=O)c1ccc(N)cc1.